The van der Waals surface area contributed by atoms with E-state index in [1.807, 2.05) is 30.3 Å². The summed E-state index contributed by atoms with van der Waals surface area (Å²) in [6, 6.07) is 16.2. The molecule has 2 aromatic rings. The summed E-state index contributed by atoms with van der Waals surface area (Å²) < 4.78 is 11.3. The molecule has 1 unspecified atom stereocenters. The fourth-order valence-electron chi connectivity index (χ4n) is 2.70. The van der Waals surface area contributed by atoms with Crippen LogP contribution in [0.2, 0.25) is 0 Å². The first-order valence-electron chi connectivity index (χ1n) is 8.10. The standard InChI is InChI=1S/C19H20N2O4/c20-19(23)15-6-8-16(9-7-15)25-13-18(22)21-10-11-24-17(12-21)14-4-2-1-3-5-14/h1-9,17H,10-13H2,(H2,20,23). The van der Waals surface area contributed by atoms with Gasteiger partial charge in [0.05, 0.1) is 13.2 Å². The van der Waals surface area contributed by atoms with E-state index in [1.54, 1.807) is 29.2 Å². The van der Waals surface area contributed by atoms with Gasteiger partial charge in [-0.1, -0.05) is 30.3 Å². The lowest BCUT2D eigenvalue weighted by Gasteiger charge is -2.33. The second-order valence-electron chi connectivity index (χ2n) is 5.79. The minimum absolute atomic E-state index is 0.0581. The molecule has 0 saturated carbocycles. The summed E-state index contributed by atoms with van der Waals surface area (Å²) in [7, 11) is 0. The Labute approximate surface area is 146 Å². The van der Waals surface area contributed by atoms with E-state index in [0.29, 0.717) is 31.0 Å². The van der Waals surface area contributed by atoms with Crippen molar-refractivity contribution in [3.05, 3.63) is 65.7 Å². The maximum atomic E-state index is 12.4. The van der Waals surface area contributed by atoms with Gasteiger partial charge in [-0.2, -0.15) is 0 Å². The number of carbonyl (C=O) groups is 2. The summed E-state index contributed by atoms with van der Waals surface area (Å²) in [5.74, 6) is -0.0719. The maximum absolute atomic E-state index is 12.4. The van der Waals surface area contributed by atoms with E-state index in [-0.39, 0.29) is 18.6 Å². The number of hydrogen-bond acceptors (Lipinski definition) is 4. The largest absolute Gasteiger partial charge is 0.484 e. The first-order valence-corrected chi connectivity index (χ1v) is 8.10. The zero-order valence-corrected chi connectivity index (χ0v) is 13.8. The number of nitrogens with two attached hydrogens (primary N) is 1. The average molecular weight is 340 g/mol. The number of carbonyl (C=O) groups excluding carboxylic acids is 2. The molecule has 3 rings (SSSR count). The van der Waals surface area contributed by atoms with Crippen molar-refractivity contribution in [3.63, 3.8) is 0 Å². The summed E-state index contributed by atoms with van der Waals surface area (Å²) >= 11 is 0. The van der Waals surface area contributed by atoms with Crippen molar-refractivity contribution in [3.8, 4) is 5.75 Å². The van der Waals surface area contributed by atoms with Gasteiger partial charge < -0.3 is 20.1 Å². The van der Waals surface area contributed by atoms with Crippen LogP contribution < -0.4 is 10.5 Å². The Morgan fingerprint density at radius 2 is 1.84 bits per heavy atom. The van der Waals surface area contributed by atoms with Crippen molar-refractivity contribution in [1.82, 2.24) is 4.90 Å². The summed E-state index contributed by atoms with van der Waals surface area (Å²) in [5, 5.41) is 0. The van der Waals surface area contributed by atoms with Crippen LogP contribution in [0.4, 0.5) is 0 Å². The molecule has 0 aromatic heterocycles. The third-order valence-corrected chi connectivity index (χ3v) is 4.09. The van der Waals surface area contributed by atoms with E-state index in [0.717, 1.165) is 5.56 Å². The topological polar surface area (TPSA) is 81.9 Å². The van der Waals surface area contributed by atoms with Gasteiger partial charge in [-0.25, -0.2) is 0 Å². The number of primary amides is 1. The van der Waals surface area contributed by atoms with Crippen LogP contribution in [0.15, 0.2) is 54.6 Å². The molecule has 6 nitrogen and oxygen atoms in total. The summed E-state index contributed by atoms with van der Waals surface area (Å²) in [5.41, 5.74) is 6.65. The Balaban J connectivity index is 1.55. The van der Waals surface area contributed by atoms with Gasteiger partial charge in [-0.3, -0.25) is 9.59 Å². The Morgan fingerprint density at radius 1 is 1.12 bits per heavy atom. The zero-order valence-electron chi connectivity index (χ0n) is 13.8. The van der Waals surface area contributed by atoms with Crippen LogP contribution >= 0.6 is 0 Å². The normalized spacial score (nSPS) is 17.1. The van der Waals surface area contributed by atoms with E-state index in [9.17, 15) is 9.59 Å². The third kappa shape index (κ3) is 4.36. The minimum atomic E-state index is -0.497. The third-order valence-electron chi connectivity index (χ3n) is 4.09. The highest BCUT2D eigenvalue weighted by molar-refractivity contribution is 5.92. The second-order valence-corrected chi connectivity index (χ2v) is 5.79. The van der Waals surface area contributed by atoms with Gasteiger partial charge in [0, 0.05) is 12.1 Å². The average Bonchev–Trinajstić information content (AvgIpc) is 2.67. The first-order chi connectivity index (χ1) is 12.1. The molecule has 0 spiro atoms. The Kier molecular flexibility index (Phi) is 5.30. The van der Waals surface area contributed by atoms with Crippen molar-refractivity contribution >= 4 is 11.8 Å². The summed E-state index contributed by atoms with van der Waals surface area (Å²) in [6.45, 7) is 1.50. The monoisotopic (exact) mass is 340 g/mol. The minimum Gasteiger partial charge on any atom is -0.484 e. The highest BCUT2D eigenvalue weighted by Crippen LogP contribution is 2.22. The Morgan fingerprint density at radius 3 is 2.52 bits per heavy atom. The van der Waals surface area contributed by atoms with Crippen molar-refractivity contribution < 1.29 is 19.1 Å². The molecule has 2 N–H and O–H groups in total. The number of morpholine rings is 1. The molecule has 0 radical (unpaired) electrons. The number of hydrogen-bond donors (Lipinski definition) is 1. The lowest BCUT2D eigenvalue weighted by Crippen LogP contribution is -2.44. The molecule has 1 fully saturated rings. The molecule has 1 atom stereocenters. The van der Waals surface area contributed by atoms with Crippen LogP contribution in [-0.4, -0.2) is 43.0 Å². The van der Waals surface area contributed by atoms with Crippen LogP contribution in [0.25, 0.3) is 0 Å². The van der Waals surface area contributed by atoms with Crippen molar-refractivity contribution in [1.29, 1.82) is 0 Å². The zero-order chi connectivity index (χ0) is 17.6. The van der Waals surface area contributed by atoms with Crippen LogP contribution in [0, 0.1) is 0 Å². The molecule has 1 heterocycles. The fourth-order valence-corrected chi connectivity index (χ4v) is 2.70. The van der Waals surface area contributed by atoms with E-state index in [4.69, 9.17) is 15.2 Å². The van der Waals surface area contributed by atoms with Crippen LogP contribution in [0.3, 0.4) is 0 Å². The molecule has 25 heavy (non-hydrogen) atoms. The smallest absolute Gasteiger partial charge is 0.260 e. The molecule has 1 aliphatic heterocycles. The number of amides is 2. The van der Waals surface area contributed by atoms with E-state index < -0.39 is 5.91 Å². The summed E-state index contributed by atoms with van der Waals surface area (Å²) in [4.78, 5) is 25.2. The van der Waals surface area contributed by atoms with Gasteiger partial charge in [0.25, 0.3) is 5.91 Å². The number of rotatable bonds is 5. The highest BCUT2D eigenvalue weighted by atomic mass is 16.5. The predicted octanol–water partition coefficient (Wildman–Crippen LogP) is 1.76. The van der Waals surface area contributed by atoms with Gasteiger partial charge in [-0.05, 0) is 29.8 Å². The number of nitrogens with zero attached hydrogens (tertiary/aromatic N) is 1. The fraction of sp³-hybridized carbons (Fsp3) is 0.263. The van der Waals surface area contributed by atoms with Gasteiger partial charge in [-0.15, -0.1) is 0 Å². The lowest BCUT2D eigenvalue weighted by molar-refractivity contribution is -0.141. The molecule has 130 valence electrons. The van der Waals surface area contributed by atoms with Gasteiger partial charge in [0.2, 0.25) is 5.91 Å². The predicted molar refractivity (Wildman–Crippen MR) is 92.2 cm³/mol. The molecule has 0 bridgehead atoms. The van der Waals surface area contributed by atoms with Gasteiger partial charge in [0.1, 0.15) is 11.9 Å². The van der Waals surface area contributed by atoms with Crippen molar-refractivity contribution in [2.24, 2.45) is 5.73 Å². The summed E-state index contributed by atoms with van der Waals surface area (Å²) in [6.07, 6.45) is -0.117. The molecule has 1 saturated heterocycles. The number of ether oxygens (including phenoxy) is 2. The highest BCUT2D eigenvalue weighted by Gasteiger charge is 2.25. The Hall–Kier alpha value is -2.86. The molecular formula is C19H20N2O4. The van der Waals surface area contributed by atoms with Gasteiger partial charge in [0.15, 0.2) is 6.61 Å². The maximum Gasteiger partial charge on any atom is 0.260 e. The molecule has 1 aliphatic rings. The lowest BCUT2D eigenvalue weighted by atomic mass is 10.1. The molecule has 2 aromatic carbocycles. The first kappa shape index (κ1) is 17.0. The van der Waals surface area contributed by atoms with E-state index in [1.165, 1.54) is 0 Å². The molecular weight excluding hydrogens is 320 g/mol. The van der Waals surface area contributed by atoms with Crippen molar-refractivity contribution in [2.75, 3.05) is 26.3 Å². The molecule has 0 aliphatic carbocycles. The van der Waals surface area contributed by atoms with Crippen LogP contribution in [0.1, 0.15) is 22.0 Å². The van der Waals surface area contributed by atoms with Crippen LogP contribution in [0.5, 0.6) is 5.75 Å². The molecule has 2 amide bonds. The quantitative estimate of drug-likeness (QED) is 0.899. The van der Waals surface area contributed by atoms with E-state index in [2.05, 4.69) is 0 Å². The number of benzene rings is 2. The molecule has 6 heteroatoms. The second kappa shape index (κ2) is 7.81. The van der Waals surface area contributed by atoms with Gasteiger partial charge >= 0.3 is 0 Å². The van der Waals surface area contributed by atoms with Crippen molar-refractivity contribution in [2.45, 2.75) is 6.10 Å². The van der Waals surface area contributed by atoms with E-state index >= 15 is 0 Å². The SMILES string of the molecule is NC(=O)c1ccc(OCC(=O)N2CCOC(c3ccccc3)C2)cc1. The Bertz CT molecular complexity index is 731. The van der Waals surface area contributed by atoms with Crippen LogP contribution in [-0.2, 0) is 9.53 Å².